The van der Waals surface area contributed by atoms with Gasteiger partial charge < -0.3 is 0 Å². The van der Waals surface area contributed by atoms with Crippen molar-refractivity contribution in [3.63, 3.8) is 0 Å². The summed E-state index contributed by atoms with van der Waals surface area (Å²) in [6.07, 6.45) is 41.8. The van der Waals surface area contributed by atoms with Crippen LogP contribution in [0.5, 0.6) is 0 Å². The van der Waals surface area contributed by atoms with Gasteiger partial charge in [-0.05, 0) is 33.1 Å². The van der Waals surface area contributed by atoms with Gasteiger partial charge in [0.25, 0.3) is 5.82 Å². The predicted molar refractivity (Wildman–Crippen MR) is 165 cm³/mol. The molecule has 2 nitrogen and oxygen atoms in total. The van der Waals surface area contributed by atoms with Gasteiger partial charge in [0, 0.05) is 6.42 Å². The third kappa shape index (κ3) is 19.0. The van der Waals surface area contributed by atoms with Crippen LogP contribution in [0, 0.1) is 0 Å². The zero-order chi connectivity index (χ0) is 26.8. The fourth-order valence-corrected chi connectivity index (χ4v) is 5.84. The summed E-state index contributed by atoms with van der Waals surface area (Å²) in [4.78, 5) is 0. The van der Waals surface area contributed by atoms with Crippen molar-refractivity contribution >= 4 is 0 Å². The highest BCUT2D eigenvalue weighted by Crippen LogP contribution is 2.15. The summed E-state index contributed by atoms with van der Waals surface area (Å²) in [5.41, 5.74) is 0. The monoisotopic (exact) mass is 518 g/mol. The zero-order valence-corrected chi connectivity index (χ0v) is 26.2. The molecule has 0 aliphatic carbocycles. The van der Waals surface area contributed by atoms with Crippen molar-refractivity contribution in [2.24, 2.45) is 0 Å². The minimum absolute atomic E-state index is 0.570. The third-order valence-corrected chi connectivity index (χ3v) is 8.35. The van der Waals surface area contributed by atoms with Crippen molar-refractivity contribution in [3.05, 3.63) is 18.2 Å². The molecule has 218 valence electrons. The van der Waals surface area contributed by atoms with Crippen molar-refractivity contribution in [2.45, 2.75) is 207 Å². The number of rotatable bonds is 28. The largest absolute Gasteiger partial charge is 0.256 e. The molecule has 0 aliphatic heterocycles. The van der Waals surface area contributed by atoms with E-state index in [1.807, 2.05) is 0 Å². The SMILES string of the molecule is CCCCCCCCCCCCCCCC[n+]1ccn(C(C)C)c1CCCCCCCCCCCCC. The topological polar surface area (TPSA) is 8.81 Å². The second kappa shape index (κ2) is 25.5. The number of imidazole rings is 1. The van der Waals surface area contributed by atoms with E-state index in [0.717, 1.165) is 0 Å². The molecule has 37 heavy (non-hydrogen) atoms. The Labute approximate surface area is 234 Å². The Balaban J connectivity index is 2.08. The fraction of sp³-hybridized carbons (Fsp3) is 0.914. The quantitative estimate of drug-likeness (QED) is 0.0771. The molecule has 0 aliphatic rings. The van der Waals surface area contributed by atoms with Gasteiger partial charge in [-0.1, -0.05) is 155 Å². The Morgan fingerprint density at radius 3 is 1.24 bits per heavy atom. The molecule has 0 fully saturated rings. The molecule has 0 radical (unpaired) electrons. The molecule has 0 bridgehead atoms. The molecule has 1 heterocycles. The standard InChI is InChI=1S/C35H69N2/c1-5-7-9-11-13-15-17-18-19-21-23-25-27-29-31-36-32-33-37(34(3)4)35(36)30-28-26-24-22-20-16-14-12-10-8-6-2/h32-34H,5-31H2,1-4H3/q+1. The summed E-state index contributed by atoms with van der Waals surface area (Å²) in [5.74, 6) is 1.57. The highest BCUT2D eigenvalue weighted by Gasteiger charge is 2.18. The van der Waals surface area contributed by atoms with E-state index in [-0.39, 0.29) is 0 Å². The second-order valence-corrected chi connectivity index (χ2v) is 12.3. The van der Waals surface area contributed by atoms with Gasteiger partial charge >= 0.3 is 0 Å². The van der Waals surface area contributed by atoms with E-state index in [1.54, 1.807) is 5.82 Å². The summed E-state index contributed by atoms with van der Waals surface area (Å²) in [6, 6.07) is 0.570. The van der Waals surface area contributed by atoms with Gasteiger partial charge in [-0.15, -0.1) is 0 Å². The van der Waals surface area contributed by atoms with Crippen LogP contribution in [-0.2, 0) is 13.0 Å². The Morgan fingerprint density at radius 1 is 0.514 bits per heavy atom. The minimum atomic E-state index is 0.570. The van der Waals surface area contributed by atoms with Crippen LogP contribution < -0.4 is 4.57 Å². The lowest BCUT2D eigenvalue weighted by atomic mass is 10.0. The predicted octanol–water partition coefficient (Wildman–Crippen LogP) is 11.7. The first-order valence-corrected chi connectivity index (χ1v) is 17.3. The number of aryl methyl sites for hydroxylation is 1. The maximum absolute atomic E-state index is 2.58. The Hall–Kier alpha value is -0.790. The first-order valence-electron chi connectivity index (χ1n) is 17.3. The van der Waals surface area contributed by atoms with Crippen LogP contribution in [-0.4, -0.2) is 4.57 Å². The van der Waals surface area contributed by atoms with Gasteiger partial charge in [-0.2, -0.15) is 0 Å². The molecule has 2 heteroatoms. The summed E-state index contributed by atoms with van der Waals surface area (Å²) >= 11 is 0. The van der Waals surface area contributed by atoms with E-state index in [0.29, 0.717) is 6.04 Å². The molecular formula is C35H69N2+. The van der Waals surface area contributed by atoms with Crippen LogP contribution in [0.1, 0.15) is 200 Å². The van der Waals surface area contributed by atoms with Crippen LogP contribution in [0.25, 0.3) is 0 Å². The molecule has 1 aromatic heterocycles. The van der Waals surface area contributed by atoms with Crippen molar-refractivity contribution in [3.8, 4) is 0 Å². The van der Waals surface area contributed by atoms with Gasteiger partial charge in [0.1, 0.15) is 12.4 Å². The molecule has 0 aromatic carbocycles. The van der Waals surface area contributed by atoms with Gasteiger partial charge in [0.15, 0.2) is 0 Å². The molecule has 0 atom stereocenters. The van der Waals surface area contributed by atoms with E-state index in [1.165, 1.54) is 173 Å². The van der Waals surface area contributed by atoms with Crippen molar-refractivity contribution in [2.75, 3.05) is 0 Å². The molecule has 1 rings (SSSR count). The lowest BCUT2D eigenvalue weighted by Crippen LogP contribution is -2.37. The molecule has 1 aromatic rings. The first-order chi connectivity index (χ1) is 18.2. The van der Waals surface area contributed by atoms with Crippen LogP contribution in [0.15, 0.2) is 12.4 Å². The van der Waals surface area contributed by atoms with Crippen LogP contribution in [0.3, 0.4) is 0 Å². The molecule has 0 spiro atoms. The van der Waals surface area contributed by atoms with E-state index in [9.17, 15) is 0 Å². The Kier molecular flexibility index (Phi) is 23.6. The number of unbranched alkanes of at least 4 members (excludes halogenated alkanes) is 23. The third-order valence-electron chi connectivity index (χ3n) is 8.35. The van der Waals surface area contributed by atoms with Crippen LogP contribution >= 0.6 is 0 Å². The number of aromatic nitrogens is 2. The summed E-state index contributed by atoms with van der Waals surface area (Å²) in [6.45, 7) is 10.5. The number of hydrogen-bond donors (Lipinski definition) is 0. The van der Waals surface area contributed by atoms with E-state index < -0.39 is 0 Å². The van der Waals surface area contributed by atoms with Crippen LogP contribution in [0.2, 0.25) is 0 Å². The zero-order valence-electron chi connectivity index (χ0n) is 26.2. The highest BCUT2D eigenvalue weighted by atomic mass is 15.2. The highest BCUT2D eigenvalue weighted by molar-refractivity contribution is 4.86. The van der Waals surface area contributed by atoms with Gasteiger partial charge in [0.05, 0.1) is 12.6 Å². The van der Waals surface area contributed by atoms with Gasteiger partial charge in [-0.25, -0.2) is 9.13 Å². The van der Waals surface area contributed by atoms with E-state index >= 15 is 0 Å². The van der Waals surface area contributed by atoms with Crippen molar-refractivity contribution in [1.82, 2.24) is 4.57 Å². The second-order valence-electron chi connectivity index (χ2n) is 12.3. The average Bonchev–Trinajstić information content (AvgIpc) is 3.30. The lowest BCUT2D eigenvalue weighted by molar-refractivity contribution is -0.704. The molecule has 0 saturated carbocycles. The minimum Gasteiger partial charge on any atom is -0.234 e. The maximum Gasteiger partial charge on any atom is 0.256 e. The summed E-state index contributed by atoms with van der Waals surface area (Å²) in [5, 5.41) is 0. The normalized spacial score (nSPS) is 11.7. The van der Waals surface area contributed by atoms with Crippen molar-refractivity contribution < 1.29 is 4.57 Å². The summed E-state index contributed by atoms with van der Waals surface area (Å²) < 4.78 is 5.11. The van der Waals surface area contributed by atoms with E-state index in [4.69, 9.17) is 0 Å². The van der Waals surface area contributed by atoms with Crippen molar-refractivity contribution in [1.29, 1.82) is 0 Å². The molecule has 0 saturated heterocycles. The van der Waals surface area contributed by atoms with Gasteiger partial charge in [0.2, 0.25) is 0 Å². The molecule has 0 unspecified atom stereocenters. The number of hydrogen-bond acceptors (Lipinski definition) is 0. The maximum atomic E-state index is 2.58. The molecule has 0 amide bonds. The molecule has 0 N–H and O–H groups in total. The summed E-state index contributed by atoms with van der Waals surface area (Å²) in [7, 11) is 0. The van der Waals surface area contributed by atoms with Gasteiger partial charge in [-0.3, -0.25) is 0 Å². The first kappa shape index (κ1) is 34.2. The van der Waals surface area contributed by atoms with Crippen LogP contribution in [0.4, 0.5) is 0 Å². The average molecular weight is 518 g/mol. The Morgan fingerprint density at radius 2 is 0.865 bits per heavy atom. The lowest BCUT2D eigenvalue weighted by Gasteiger charge is -2.08. The Bertz CT molecular complexity index is 588. The number of nitrogens with zero attached hydrogens (tertiary/aromatic N) is 2. The smallest absolute Gasteiger partial charge is 0.234 e. The fourth-order valence-electron chi connectivity index (χ4n) is 5.84. The molecular weight excluding hydrogens is 448 g/mol. The van der Waals surface area contributed by atoms with E-state index in [2.05, 4.69) is 49.2 Å².